The van der Waals surface area contributed by atoms with Crippen molar-refractivity contribution < 1.29 is 15.0 Å². The Hall–Kier alpha value is -2.53. The number of hydrazone groups is 1. The largest absolute Gasteiger partial charge is 0.872 e. The predicted octanol–water partition coefficient (Wildman–Crippen LogP) is 2.56. The summed E-state index contributed by atoms with van der Waals surface area (Å²) in [5.41, 5.74) is 3.96. The summed E-state index contributed by atoms with van der Waals surface area (Å²) in [5, 5.41) is 24.0. The summed E-state index contributed by atoms with van der Waals surface area (Å²) >= 11 is 5.76. The first kappa shape index (κ1) is 13.9. The molecule has 20 heavy (non-hydrogen) atoms. The minimum absolute atomic E-state index is 0.00238. The molecule has 6 heteroatoms. The van der Waals surface area contributed by atoms with Crippen molar-refractivity contribution in [2.75, 3.05) is 5.43 Å². The van der Waals surface area contributed by atoms with Gasteiger partial charge in [0.25, 0.3) is 0 Å². The number of hydrogen-bond donors (Lipinski definition) is 2. The van der Waals surface area contributed by atoms with Crippen LogP contribution in [0.15, 0.2) is 47.6 Å². The fourth-order valence-electron chi connectivity index (χ4n) is 1.49. The average molecular weight is 290 g/mol. The molecule has 0 aliphatic rings. The monoisotopic (exact) mass is 289 g/mol. The summed E-state index contributed by atoms with van der Waals surface area (Å²) in [6.07, 6.45) is 1.52. The predicted molar refractivity (Wildman–Crippen MR) is 75.5 cm³/mol. The maximum atomic E-state index is 10.9. The number of benzene rings is 2. The fraction of sp³-hybridized carbons (Fsp3) is 0. The zero-order chi connectivity index (χ0) is 14.5. The van der Waals surface area contributed by atoms with Crippen LogP contribution in [0, 0.1) is 0 Å². The van der Waals surface area contributed by atoms with Crippen molar-refractivity contribution in [2.24, 2.45) is 5.10 Å². The third kappa shape index (κ3) is 3.49. The number of carboxylic acid groups (broad SMARTS) is 1. The lowest BCUT2D eigenvalue weighted by molar-refractivity contribution is -0.268. The van der Waals surface area contributed by atoms with Crippen LogP contribution >= 0.6 is 11.6 Å². The summed E-state index contributed by atoms with van der Waals surface area (Å²) in [6, 6.07) is 10.6. The molecule has 0 atom stereocenters. The van der Waals surface area contributed by atoms with Crippen molar-refractivity contribution in [3.8, 4) is 5.75 Å². The molecule has 0 unspecified atom stereocenters. The van der Waals surface area contributed by atoms with Crippen LogP contribution in [0.4, 0.5) is 5.69 Å². The molecular weight excluding hydrogens is 280 g/mol. The molecule has 102 valence electrons. The number of carboxylic acids is 1. The van der Waals surface area contributed by atoms with E-state index in [2.05, 4.69) is 10.5 Å². The van der Waals surface area contributed by atoms with Crippen molar-refractivity contribution in [1.82, 2.24) is 0 Å². The molecule has 0 saturated carbocycles. The van der Waals surface area contributed by atoms with E-state index in [1.807, 2.05) is 0 Å². The quantitative estimate of drug-likeness (QED) is 0.669. The number of nitrogens with zero attached hydrogens (tertiary/aromatic N) is 1. The number of carbonyl (C=O) groups is 1. The number of hydrogen-bond acceptors (Lipinski definition) is 4. The average Bonchev–Trinajstić information content (AvgIpc) is 2.42. The Bertz CT molecular complexity index is 654. The van der Waals surface area contributed by atoms with E-state index in [0.29, 0.717) is 5.69 Å². The lowest BCUT2D eigenvalue weighted by Crippen LogP contribution is -1.99. The van der Waals surface area contributed by atoms with Crippen molar-refractivity contribution in [2.45, 2.75) is 0 Å². The second kappa shape index (κ2) is 6.08. The van der Waals surface area contributed by atoms with Crippen LogP contribution in [0.25, 0.3) is 0 Å². The molecule has 2 rings (SSSR count). The van der Waals surface area contributed by atoms with Crippen LogP contribution in [0.1, 0.15) is 15.9 Å². The van der Waals surface area contributed by atoms with Gasteiger partial charge in [0.15, 0.2) is 0 Å². The van der Waals surface area contributed by atoms with Crippen molar-refractivity contribution in [3.63, 3.8) is 0 Å². The smallest absolute Gasteiger partial charge is 0.337 e. The molecule has 0 aliphatic carbocycles. The zero-order valence-electron chi connectivity index (χ0n) is 10.2. The Balaban J connectivity index is 2.09. The molecule has 0 saturated heterocycles. The van der Waals surface area contributed by atoms with E-state index in [4.69, 9.17) is 16.7 Å². The molecule has 0 aromatic heterocycles. The minimum Gasteiger partial charge on any atom is -0.872 e. The Morgan fingerprint density at radius 1 is 1.25 bits per heavy atom. The van der Waals surface area contributed by atoms with E-state index in [1.165, 1.54) is 30.5 Å². The lowest BCUT2D eigenvalue weighted by atomic mass is 10.2. The van der Waals surface area contributed by atoms with Gasteiger partial charge in [-0.25, -0.2) is 4.79 Å². The van der Waals surface area contributed by atoms with E-state index >= 15 is 0 Å². The van der Waals surface area contributed by atoms with E-state index < -0.39 is 5.97 Å². The van der Waals surface area contributed by atoms with Gasteiger partial charge in [-0.15, -0.1) is 5.75 Å². The molecule has 2 aromatic rings. The molecule has 0 amide bonds. The molecule has 0 bridgehead atoms. The molecule has 5 nitrogen and oxygen atoms in total. The standard InChI is InChI=1S/C14H11ClN2O3/c15-13-6-3-10(7-12(13)14(19)20)17-16-8-9-1-4-11(18)5-2-9/h1-8,17-18H,(H,19,20)/p-1/b16-8+. The van der Waals surface area contributed by atoms with Gasteiger partial charge < -0.3 is 10.2 Å². The lowest BCUT2D eigenvalue weighted by Gasteiger charge is -2.04. The van der Waals surface area contributed by atoms with Gasteiger partial charge in [0.2, 0.25) is 0 Å². The van der Waals surface area contributed by atoms with Gasteiger partial charge in [-0.2, -0.15) is 5.10 Å². The van der Waals surface area contributed by atoms with Crippen LogP contribution < -0.4 is 10.5 Å². The van der Waals surface area contributed by atoms with Crippen molar-refractivity contribution >= 4 is 29.5 Å². The van der Waals surface area contributed by atoms with E-state index in [0.717, 1.165) is 5.56 Å². The van der Waals surface area contributed by atoms with Crippen LogP contribution in [0.3, 0.4) is 0 Å². The summed E-state index contributed by atoms with van der Waals surface area (Å²) < 4.78 is 0. The molecule has 0 heterocycles. The van der Waals surface area contributed by atoms with Crippen LogP contribution in [-0.4, -0.2) is 17.3 Å². The normalized spacial score (nSPS) is 10.7. The third-order valence-corrected chi connectivity index (χ3v) is 2.81. The molecule has 0 spiro atoms. The first-order valence-corrected chi connectivity index (χ1v) is 6.03. The Morgan fingerprint density at radius 3 is 2.60 bits per heavy atom. The van der Waals surface area contributed by atoms with Gasteiger partial charge in [0, 0.05) is 0 Å². The van der Waals surface area contributed by atoms with Crippen molar-refractivity contribution in [3.05, 3.63) is 58.6 Å². The second-order valence-corrected chi connectivity index (χ2v) is 4.35. The van der Waals surface area contributed by atoms with Gasteiger partial charge in [-0.05, 0) is 23.8 Å². The highest BCUT2D eigenvalue weighted by molar-refractivity contribution is 6.33. The van der Waals surface area contributed by atoms with E-state index in [-0.39, 0.29) is 16.3 Å². The summed E-state index contributed by atoms with van der Waals surface area (Å²) in [6.45, 7) is 0. The van der Waals surface area contributed by atoms with Crippen LogP contribution in [0.2, 0.25) is 5.02 Å². The van der Waals surface area contributed by atoms with Gasteiger partial charge in [-0.3, -0.25) is 5.43 Å². The maximum Gasteiger partial charge on any atom is 0.337 e. The van der Waals surface area contributed by atoms with E-state index in [1.54, 1.807) is 18.2 Å². The topological polar surface area (TPSA) is 84.8 Å². The third-order valence-electron chi connectivity index (χ3n) is 2.48. The van der Waals surface area contributed by atoms with Crippen LogP contribution in [0.5, 0.6) is 5.75 Å². The number of nitrogens with one attached hydrogen (secondary N) is 1. The molecule has 2 N–H and O–H groups in total. The maximum absolute atomic E-state index is 10.9. The van der Waals surface area contributed by atoms with Gasteiger partial charge in [-0.1, -0.05) is 35.9 Å². The first-order valence-electron chi connectivity index (χ1n) is 5.65. The van der Waals surface area contributed by atoms with Crippen molar-refractivity contribution in [1.29, 1.82) is 0 Å². The first-order chi connectivity index (χ1) is 9.56. The summed E-state index contributed by atoms with van der Waals surface area (Å²) in [4.78, 5) is 10.9. The SMILES string of the molecule is O=C(O)c1cc(N/N=C/c2ccc([O-])cc2)ccc1Cl. The second-order valence-electron chi connectivity index (χ2n) is 3.94. The zero-order valence-corrected chi connectivity index (χ0v) is 11.0. The molecule has 0 fully saturated rings. The van der Waals surface area contributed by atoms with Gasteiger partial charge in [0.1, 0.15) is 0 Å². The molecule has 0 radical (unpaired) electrons. The Morgan fingerprint density at radius 2 is 1.95 bits per heavy atom. The highest BCUT2D eigenvalue weighted by Crippen LogP contribution is 2.20. The molecular formula is C14H10ClN2O3-. The number of anilines is 1. The molecule has 2 aromatic carbocycles. The Labute approximate surface area is 120 Å². The minimum atomic E-state index is -1.10. The number of halogens is 1. The fourth-order valence-corrected chi connectivity index (χ4v) is 1.69. The highest BCUT2D eigenvalue weighted by atomic mass is 35.5. The summed E-state index contributed by atoms with van der Waals surface area (Å²) in [7, 11) is 0. The van der Waals surface area contributed by atoms with E-state index in [9.17, 15) is 9.90 Å². The van der Waals surface area contributed by atoms with Gasteiger partial charge in [0.05, 0.1) is 22.5 Å². The number of aromatic carboxylic acids is 1. The van der Waals surface area contributed by atoms with Gasteiger partial charge >= 0.3 is 5.97 Å². The molecule has 0 aliphatic heterocycles. The summed E-state index contributed by atoms with van der Waals surface area (Å²) in [5.74, 6) is -1.17. The Kier molecular flexibility index (Phi) is 4.22. The highest BCUT2D eigenvalue weighted by Gasteiger charge is 2.08. The van der Waals surface area contributed by atoms with Crippen LogP contribution in [-0.2, 0) is 0 Å². The number of rotatable bonds is 4.